The van der Waals surface area contributed by atoms with Gasteiger partial charge in [0.1, 0.15) is 17.2 Å². The number of phenolic OH excluding ortho intramolecular Hbond substituents is 1. The molecule has 3 aromatic rings. The molecule has 180 valence electrons. The largest absolute Gasteiger partial charge is 0.507 e. The number of carbonyl (C=O) groups excluding carboxylic acids is 1. The van der Waals surface area contributed by atoms with Gasteiger partial charge >= 0.3 is 0 Å². The fourth-order valence-corrected chi connectivity index (χ4v) is 3.60. The molecule has 0 saturated heterocycles. The summed E-state index contributed by atoms with van der Waals surface area (Å²) in [6, 6.07) is 13.0. The molecule has 0 spiro atoms. The summed E-state index contributed by atoms with van der Waals surface area (Å²) in [6.07, 6.45) is 1.59. The molecule has 0 aliphatic heterocycles. The van der Waals surface area contributed by atoms with Crippen LogP contribution >= 0.6 is 0 Å². The first kappa shape index (κ1) is 25.0. The van der Waals surface area contributed by atoms with Gasteiger partial charge in [-0.25, -0.2) is 5.43 Å². The first-order chi connectivity index (χ1) is 15.9. The zero-order chi connectivity index (χ0) is 25.1. The molecule has 1 amide bonds. The number of amides is 1. The Labute approximate surface area is 201 Å². The van der Waals surface area contributed by atoms with Crippen molar-refractivity contribution in [1.29, 1.82) is 0 Å². The molecule has 0 radical (unpaired) electrons. The zero-order valence-electron chi connectivity index (χ0n) is 21.0. The fourth-order valence-electron chi connectivity index (χ4n) is 3.60. The van der Waals surface area contributed by atoms with Crippen molar-refractivity contribution in [3.8, 4) is 22.8 Å². The average Bonchev–Trinajstić information content (AvgIpc) is 3.24. The van der Waals surface area contributed by atoms with Crippen molar-refractivity contribution < 1.29 is 14.6 Å². The third-order valence-electron chi connectivity index (χ3n) is 5.39. The zero-order valence-corrected chi connectivity index (χ0v) is 21.0. The second kappa shape index (κ2) is 9.71. The summed E-state index contributed by atoms with van der Waals surface area (Å²) in [5, 5.41) is 22.0. The molecular formula is C27H34N4O3. The van der Waals surface area contributed by atoms with E-state index in [4.69, 9.17) is 4.74 Å². The Morgan fingerprint density at radius 3 is 2.32 bits per heavy atom. The normalized spacial score (nSPS) is 12.2. The van der Waals surface area contributed by atoms with Crippen molar-refractivity contribution in [2.45, 2.75) is 59.3 Å². The van der Waals surface area contributed by atoms with Crippen LogP contribution in [-0.4, -0.2) is 34.0 Å². The number of ether oxygens (including phenoxy) is 1. The Kier molecular flexibility index (Phi) is 7.15. The number of carbonyl (C=O) groups is 1. The van der Waals surface area contributed by atoms with Gasteiger partial charge in [-0.3, -0.25) is 9.89 Å². The molecule has 0 saturated carbocycles. The Hall–Kier alpha value is -3.61. The van der Waals surface area contributed by atoms with E-state index in [9.17, 15) is 9.90 Å². The molecule has 2 aromatic carbocycles. The van der Waals surface area contributed by atoms with Crippen LogP contribution in [0, 0.1) is 0 Å². The summed E-state index contributed by atoms with van der Waals surface area (Å²) in [7, 11) is 0. The lowest BCUT2D eigenvalue weighted by Crippen LogP contribution is -2.19. The molecule has 3 rings (SSSR count). The molecule has 0 fully saturated rings. The molecule has 7 nitrogen and oxygen atoms in total. The van der Waals surface area contributed by atoms with Crippen molar-refractivity contribution in [3.05, 3.63) is 64.8 Å². The highest BCUT2D eigenvalue weighted by atomic mass is 16.5. The van der Waals surface area contributed by atoms with Crippen LogP contribution in [0.15, 0.2) is 47.6 Å². The molecule has 7 heteroatoms. The summed E-state index contributed by atoms with van der Waals surface area (Å²) < 4.78 is 5.53. The average molecular weight is 463 g/mol. The van der Waals surface area contributed by atoms with E-state index in [1.54, 1.807) is 12.3 Å². The minimum Gasteiger partial charge on any atom is -0.507 e. The van der Waals surface area contributed by atoms with Crippen LogP contribution < -0.4 is 10.2 Å². The third-order valence-corrected chi connectivity index (χ3v) is 5.39. The monoisotopic (exact) mass is 462 g/mol. The van der Waals surface area contributed by atoms with Crippen LogP contribution in [0.4, 0.5) is 0 Å². The highest BCUT2D eigenvalue weighted by Crippen LogP contribution is 2.39. The van der Waals surface area contributed by atoms with E-state index in [1.165, 1.54) is 0 Å². The highest BCUT2D eigenvalue weighted by molar-refractivity contribution is 5.94. The smallest absolute Gasteiger partial charge is 0.289 e. The van der Waals surface area contributed by atoms with Crippen molar-refractivity contribution >= 4 is 12.1 Å². The van der Waals surface area contributed by atoms with Gasteiger partial charge in [0.2, 0.25) is 0 Å². The van der Waals surface area contributed by atoms with Crippen LogP contribution in [0.1, 0.15) is 75.6 Å². The van der Waals surface area contributed by atoms with Crippen molar-refractivity contribution in [2.75, 3.05) is 6.61 Å². The van der Waals surface area contributed by atoms with Crippen LogP contribution in [0.2, 0.25) is 0 Å². The van der Waals surface area contributed by atoms with Crippen LogP contribution in [-0.2, 0) is 10.8 Å². The quantitative estimate of drug-likeness (QED) is 0.331. The number of hydrogen-bond acceptors (Lipinski definition) is 5. The number of aromatic amines is 1. The number of aromatic hydroxyl groups is 1. The van der Waals surface area contributed by atoms with Gasteiger partial charge < -0.3 is 9.84 Å². The Bertz CT molecular complexity index is 1160. The fraction of sp³-hybridized carbons (Fsp3) is 0.370. The van der Waals surface area contributed by atoms with Crippen molar-refractivity contribution in [2.24, 2.45) is 5.10 Å². The van der Waals surface area contributed by atoms with Crippen LogP contribution in [0.3, 0.4) is 0 Å². The molecule has 0 aliphatic rings. The standard InChI is InChI=1S/C27H34N4O3/c1-8-34-19-11-9-10-18(14-19)22-15-23(30-29-22)25(33)31-28-16-17-12-20(26(2,3)4)24(32)21(13-17)27(5,6)7/h9-16,32H,8H2,1-7H3,(H,29,30)(H,31,33)/b28-16+. The van der Waals surface area contributed by atoms with E-state index in [-0.39, 0.29) is 10.8 Å². The summed E-state index contributed by atoms with van der Waals surface area (Å²) in [5.74, 6) is 0.651. The Balaban J connectivity index is 1.79. The van der Waals surface area contributed by atoms with E-state index in [1.807, 2.05) is 43.3 Å². The van der Waals surface area contributed by atoms with Gasteiger partial charge in [-0.1, -0.05) is 53.7 Å². The molecular weight excluding hydrogens is 428 g/mol. The lowest BCUT2D eigenvalue weighted by Gasteiger charge is -2.27. The summed E-state index contributed by atoms with van der Waals surface area (Å²) in [4.78, 5) is 12.6. The highest BCUT2D eigenvalue weighted by Gasteiger charge is 2.26. The predicted molar refractivity (Wildman–Crippen MR) is 136 cm³/mol. The first-order valence-electron chi connectivity index (χ1n) is 11.4. The van der Waals surface area contributed by atoms with Gasteiger partial charge in [0, 0.05) is 16.7 Å². The summed E-state index contributed by atoms with van der Waals surface area (Å²) in [6.45, 7) is 14.8. The molecule has 1 aromatic heterocycles. The number of nitrogens with zero attached hydrogens (tertiary/aromatic N) is 2. The number of hydrogen-bond donors (Lipinski definition) is 3. The molecule has 1 heterocycles. The molecule has 0 atom stereocenters. The second-order valence-corrected chi connectivity index (χ2v) is 10.3. The topological polar surface area (TPSA) is 99.6 Å². The number of hydrazone groups is 1. The van der Waals surface area contributed by atoms with Crippen molar-refractivity contribution in [1.82, 2.24) is 15.6 Å². The maximum Gasteiger partial charge on any atom is 0.289 e. The minimum atomic E-state index is -0.401. The number of H-pyrrole nitrogens is 1. The molecule has 0 aliphatic carbocycles. The second-order valence-electron chi connectivity index (χ2n) is 10.3. The van der Waals surface area contributed by atoms with Gasteiger partial charge in [-0.15, -0.1) is 0 Å². The first-order valence-corrected chi connectivity index (χ1v) is 11.4. The number of nitrogens with one attached hydrogen (secondary N) is 2. The van der Waals surface area contributed by atoms with E-state index in [2.05, 4.69) is 62.3 Å². The SMILES string of the molecule is CCOc1cccc(-c2cc(C(=O)N/N=C/c3cc(C(C)(C)C)c(O)c(C(C)(C)C)c3)[nH]n2)c1. The molecule has 0 unspecified atom stereocenters. The van der Waals surface area contributed by atoms with E-state index < -0.39 is 5.91 Å². The predicted octanol–water partition coefficient (Wildman–Crippen LogP) is 5.54. The summed E-state index contributed by atoms with van der Waals surface area (Å²) in [5.41, 5.74) is 6.30. The van der Waals surface area contributed by atoms with E-state index in [0.717, 1.165) is 28.0 Å². The van der Waals surface area contributed by atoms with Gasteiger partial charge in [-0.2, -0.15) is 10.2 Å². The van der Waals surface area contributed by atoms with Crippen LogP contribution in [0.25, 0.3) is 11.3 Å². The van der Waals surface area contributed by atoms with Crippen molar-refractivity contribution in [3.63, 3.8) is 0 Å². The molecule has 0 bridgehead atoms. The van der Waals surface area contributed by atoms with E-state index in [0.29, 0.717) is 23.7 Å². The van der Waals surface area contributed by atoms with Gasteiger partial charge in [0.15, 0.2) is 0 Å². The molecule has 3 N–H and O–H groups in total. The maximum atomic E-state index is 12.6. The number of phenols is 1. The number of aromatic nitrogens is 2. The van der Waals surface area contributed by atoms with Crippen LogP contribution in [0.5, 0.6) is 11.5 Å². The number of benzene rings is 2. The third kappa shape index (κ3) is 5.84. The van der Waals surface area contributed by atoms with E-state index >= 15 is 0 Å². The lowest BCUT2D eigenvalue weighted by atomic mass is 9.78. The Morgan fingerprint density at radius 2 is 1.74 bits per heavy atom. The minimum absolute atomic E-state index is 0.247. The van der Waals surface area contributed by atoms with Gasteiger partial charge in [-0.05, 0) is 53.6 Å². The molecule has 34 heavy (non-hydrogen) atoms. The van der Waals surface area contributed by atoms with Gasteiger partial charge in [0.05, 0.1) is 18.5 Å². The number of rotatable bonds is 6. The lowest BCUT2D eigenvalue weighted by molar-refractivity contribution is 0.0950. The summed E-state index contributed by atoms with van der Waals surface area (Å²) >= 11 is 0. The maximum absolute atomic E-state index is 12.6. The Morgan fingerprint density at radius 1 is 1.09 bits per heavy atom. The van der Waals surface area contributed by atoms with Gasteiger partial charge in [0.25, 0.3) is 5.91 Å².